The summed E-state index contributed by atoms with van der Waals surface area (Å²) in [6.45, 7) is 0.0974. The Morgan fingerprint density at radius 2 is 1.93 bits per heavy atom. The smallest absolute Gasteiger partial charge is 0.324 e. The van der Waals surface area contributed by atoms with Gasteiger partial charge >= 0.3 is 6.03 Å². The second kappa shape index (κ2) is 7.12. The maximum Gasteiger partial charge on any atom is 0.325 e. The number of carbonyl (C=O) groups is 3. The first-order chi connectivity index (χ1) is 14.5. The third-order valence-corrected chi connectivity index (χ3v) is 7.34. The van der Waals surface area contributed by atoms with E-state index < -0.39 is 16.9 Å². The third kappa shape index (κ3) is 2.81. The summed E-state index contributed by atoms with van der Waals surface area (Å²) in [7, 11) is 0. The van der Waals surface area contributed by atoms with Gasteiger partial charge in [0.1, 0.15) is 23.3 Å². The zero-order chi connectivity index (χ0) is 20.9. The normalized spacial score (nSPS) is 25.2. The number of thioether (sulfide) groups is 1. The number of hydrogen-bond acceptors (Lipinski definition) is 4. The standard InChI is InChI=1S/C22H20FN3O3S/c23-17-8-4-2-6-15(17)19-25(11-12-30-19)18(27)13-26-20(28)22(24-21(26)29)10-9-14-5-1-3-7-16(14)22/h1-8,19H,9-13H2,(H,24,29)/t19-,22-/m1/s1. The van der Waals surface area contributed by atoms with Gasteiger partial charge in [-0.1, -0.05) is 42.5 Å². The van der Waals surface area contributed by atoms with Gasteiger partial charge in [0, 0.05) is 17.9 Å². The molecule has 0 bridgehead atoms. The van der Waals surface area contributed by atoms with Crippen molar-refractivity contribution in [3.8, 4) is 0 Å². The van der Waals surface area contributed by atoms with Gasteiger partial charge < -0.3 is 10.2 Å². The van der Waals surface area contributed by atoms with E-state index in [0.29, 0.717) is 30.7 Å². The van der Waals surface area contributed by atoms with Crippen molar-refractivity contribution in [1.29, 1.82) is 0 Å². The first kappa shape index (κ1) is 19.1. The average Bonchev–Trinajstić information content (AvgIpc) is 3.43. The number of hydrogen-bond donors (Lipinski definition) is 1. The zero-order valence-electron chi connectivity index (χ0n) is 16.1. The minimum Gasteiger partial charge on any atom is -0.324 e. The Morgan fingerprint density at radius 3 is 2.77 bits per heavy atom. The zero-order valence-corrected chi connectivity index (χ0v) is 17.0. The molecule has 0 radical (unpaired) electrons. The highest BCUT2D eigenvalue weighted by molar-refractivity contribution is 7.99. The van der Waals surface area contributed by atoms with E-state index in [9.17, 15) is 18.8 Å². The molecule has 6 nitrogen and oxygen atoms in total. The molecule has 2 aliphatic heterocycles. The maximum absolute atomic E-state index is 14.3. The number of halogens is 1. The fraction of sp³-hybridized carbons (Fsp3) is 0.318. The van der Waals surface area contributed by atoms with Crippen LogP contribution in [0.25, 0.3) is 0 Å². The summed E-state index contributed by atoms with van der Waals surface area (Å²) >= 11 is 1.48. The molecule has 5 rings (SSSR count). The molecule has 8 heteroatoms. The predicted octanol–water partition coefficient (Wildman–Crippen LogP) is 2.79. The fourth-order valence-corrected chi connectivity index (χ4v) is 5.92. The van der Waals surface area contributed by atoms with Crippen LogP contribution in [0.4, 0.5) is 9.18 Å². The molecule has 0 saturated carbocycles. The van der Waals surface area contributed by atoms with Crippen molar-refractivity contribution < 1.29 is 18.8 Å². The van der Waals surface area contributed by atoms with Gasteiger partial charge in [-0.3, -0.25) is 14.5 Å². The minimum atomic E-state index is -1.08. The summed E-state index contributed by atoms with van der Waals surface area (Å²) in [5, 5.41) is 2.38. The fourth-order valence-electron chi connectivity index (χ4n) is 4.62. The van der Waals surface area contributed by atoms with Crippen LogP contribution in [0.2, 0.25) is 0 Å². The van der Waals surface area contributed by atoms with Gasteiger partial charge in [0.2, 0.25) is 5.91 Å². The van der Waals surface area contributed by atoms with Gasteiger partial charge in [-0.25, -0.2) is 9.18 Å². The van der Waals surface area contributed by atoms with Crippen LogP contribution in [0.15, 0.2) is 48.5 Å². The molecule has 2 atom stereocenters. The van der Waals surface area contributed by atoms with Gasteiger partial charge in [-0.2, -0.15) is 0 Å². The number of carbonyl (C=O) groups excluding carboxylic acids is 3. The van der Waals surface area contributed by atoms with Gasteiger partial charge in [0.25, 0.3) is 5.91 Å². The van der Waals surface area contributed by atoms with E-state index in [2.05, 4.69) is 5.32 Å². The van der Waals surface area contributed by atoms with Crippen molar-refractivity contribution in [3.05, 3.63) is 71.0 Å². The minimum absolute atomic E-state index is 0.347. The summed E-state index contributed by atoms with van der Waals surface area (Å²) in [6, 6.07) is 13.4. The van der Waals surface area contributed by atoms with Crippen molar-refractivity contribution >= 4 is 29.6 Å². The largest absolute Gasteiger partial charge is 0.325 e. The van der Waals surface area contributed by atoms with E-state index in [1.54, 1.807) is 23.1 Å². The predicted molar refractivity (Wildman–Crippen MR) is 110 cm³/mol. The summed E-state index contributed by atoms with van der Waals surface area (Å²) in [6.07, 6.45) is 1.18. The molecule has 1 spiro atoms. The molecule has 30 heavy (non-hydrogen) atoms. The van der Waals surface area contributed by atoms with E-state index >= 15 is 0 Å². The summed E-state index contributed by atoms with van der Waals surface area (Å²) in [5.74, 6) is -0.450. The molecule has 4 amide bonds. The SMILES string of the molecule is O=C1N[C@@]2(CCc3ccccc32)C(=O)N1CC(=O)N1CCS[C@@H]1c1ccccc1F. The lowest BCUT2D eigenvalue weighted by molar-refractivity contribution is -0.139. The molecule has 2 saturated heterocycles. The topological polar surface area (TPSA) is 69.7 Å². The van der Waals surface area contributed by atoms with E-state index in [1.165, 1.54) is 17.8 Å². The van der Waals surface area contributed by atoms with E-state index in [-0.39, 0.29) is 24.2 Å². The Morgan fingerprint density at radius 1 is 1.17 bits per heavy atom. The van der Waals surface area contributed by atoms with Crippen molar-refractivity contribution in [2.24, 2.45) is 0 Å². The molecule has 2 heterocycles. The molecular weight excluding hydrogens is 405 g/mol. The van der Waals surface area contributed by atoms with Crippen molar-refractivity contribution in [3.63, 3.8) is 0 Å². The Kier molecular flexibility index (Phi) is 4.54. The molecule has 1 N–H and O–H groups in total. The van der Waals surface area contributed by atoms with E-state index in [1.807, 2.05) is 24.3 Å². The molecule has 2 aromatic carbocycles. The number of rotatable bonds is 3. The lowest BCUT2D eigenvalue weighted by Gasteiger charge is -2.26. The van der Waals surface area contributed by atoms with Crippen LogP contribution in [0.3, 0.4) is 0 Å². The number of imide groups is 1. The molecule has 154 valence electrons. The van der Waals surface area contributed by atoms with Crippen molar-refractivity contribution in [1.82, 2.24) is 15.1 Å². The van der Waals surface area contributed by atoms with E-state index in [0.717, 1.165) is 16.0 Å². The second-order valence-corrected chi connectivity index (χ2v) is 8.90. The summed E-state index contributed by atoms with van der Waals surface area (Å²) < 4.78 is 14.3. The quantitative estimate of drug-likeness (QED) is 0.768. The Bertz CT molecular complexity index is 1060. The number of nitrogens with one attached hydrogen (secondary N) is 1. The molecule has 0 unspecified atom stereocenters. The van der Waals surface area contributed by atoms with Crippen LogP contribution in [0.5, 0.6) is 0 Å². The second-order valence-electron chi connectivity index (χ2n) is 7.72. The first-order valence-electron chi connectivity index (χ1n) is 9.89. The van der Waals surface area contributed by atoms with Gasteiger partial charge in [-0.05, 0) is 30.0 Å². The monoisotopic (exact) mass is 425 g/mol. The van der Waals surface area contributed by atoms with Crippen LogP contribution in [0, 0.1) is 5.82 Å². The highest BCUT2D eigenvalue weighted by Gasteiger charge is 2.55. The van der Waals surface area contributed by atoms with Crippen LogP contribution in [-0.2, 0) is 21.5 Å². The highest BCUT2D eigenvalue weighted by atomic mass is 32.2. The van der Waals surface area contributed by atoms with Crippen LogP contribution >= 0.6 is 11.8 Å². The number of urea groups is 1. The van der Waals surface area contributed by atoms with Gasteiger partial charge in [-0.15, -0.1) is 11.8 Å². The Balaban J connectivity index is 1.37. The molecule has 3 aliphatic rings. The lowest BCUT2D eigenvalue weighted by atomic mass is 9.92. The molecular formula is C22H20FN3O3S. The molecule has 2 aromatic rings. The average molecular weight is 425 g/mol. The van der Waals surface area contributed by atoms with Crippen LogP contribution in [-0.4, -0.2) is 46.5 Å². The van der Waals surface area contributed by atoms with Gasteiger partial charge in [0.15, 0.2) is 0 Å². The number of nitrogens with zero attached hydrogens (tertiary/aromatic N) is 2. The van der Waals surface area contributed by atoms with Crippen molar-refractivity contribution in [2.75, 3.05) is 18.8 Å². The third-order valence-electron chi connectivity index (χ3n) is 6.10. The number of amides is 4. The maximum atomic E-state index is 14.3. The lowest BCUT2D eigenvalue weighted by Crippen LogP contribution is -2.44. The highest BCUT2D eigenvalue weighted by Crippen LogP contribution is 2.42. The summed E-state index contributed by atoms with van der Waals surface area (Å²) in [4.78, 5) is 41.5. The van der Waals surface area contributed by atoms with Crippen LogP contribution in [0.1, 0.15) is 28.5 Å². The Labute approximate surface area is 177 Å². The summed E-state index contributed by atoms with van der Waals surface area (Å²) in [5.41, 5.74) is 1.19. The first-order valence-corrected chi connectivity index (χ1v) is 10.9. The Hall–Kier alpha value is -2.87. The number of benzene rings is 2. The number of fused-ring (bicyclic) bond motifs is 2. The van der Waals surface area contributed by atoms with Crippen molar-refractivity contribution in [2.45, 2.75) is 23.8 Å². The molecule has 0 aromatic heterocycles. The number of aryl methyl sites for hydroxylation is 1. The van der Waals surface area contributed by atoms with E-state index in [4.69, 9.17) is 0 Å². The molecule has 2 fully saturated rings. The molecule has 1 aliphatic carbocycles. The van der Waals surface area contributed by atoms with Gasteiger partial charge in [0.05, 0.1) is 0 Å². The van der Waals surface area contributed by atoms with Crippen LogP contribution < -0.4 is 5.32 Å².